The van der Waals surface area contributed by atoms with E-state index in [0.717, 1.165) is 5.56 Å². The molecule has 21 heavy (non-hydrogen) atoms. The van der Waals surface area contributed by atoms with E-state index in [-0.39, 0.29) is 17.3 Å². The molecule has 2 rings (SSSR count). The molecule has 0 unspecified atom stereocenters. The van der Waals surface area contributed by atoms with E-state index in [1.165, 1.54) is 17.2 Å². The molecule has 0 aliphatic carbocycles. The van der Waals surface area contributed by atoms with Gasteiger partial charge in [0.1, 0.15) is 5.56 Å². The number of hydrogen-bond acceptors (Lipinski definition) is 5. The standard InChI is InChI=1S/C13H11ClN4O3/c1-17(8-9-3-2-5-15-7-9)13(19)10-4-6-16-12(14)11(10)18(20)21/h2-7H,8H2,1H3. The second-order valence-corrected chi connectivity index (χ2v) is 4.64. The van der Waals surface area contributed by atoms with Gasteiger partial charge in [0, 0.05) is 32.2 Å². The molecule has 2 aromatic heterocycles. The van der Waals surface area contributed by atoms with Crippen LogP contribution in [0.3, 0.4) is 0 Å². The molecule has 0 aromatic carbocycles. The second kappa shape index (κ2) is 6.27. The van der Waals surface area contributed by atoms with Crippen molar-refractivity contribution in [3.8, 4) is 0 Å². The first kappa shape index (κ1) is 14.9. The van der Waals surface area contributed by atoms with Crippen molar-refractivity contribution in [2.24, 2.45) is 0 Å². The monoisotopic (exact) mass is 306 g/mol. The lowest BCUT2D eigenvalue weighted by Gasteiger charge is -2.17. The van der Waals surface area contributed by atoms with Crippen LogP contribution in [0, 0.1) is 10.1 Å². The largest absolute Gasteiger partial charge is 0.337 e. The maximum absolute atomic E-state index is 12.3. The molecule has 0 saturated heterocycles. The summed E-state index contributed by atoms with van der Waals surface area (Å²) in [6.45, 7) is 0.282. The summed E-state index contributed by atoms with van der Waals surface area (Å²) >= 11 is 5.70. The maximum atomic E-state index is 12.3. The third-order valence-electron chi connectivity index (χ3n) is 2.78. The fourth-order valence-electron chi connectivity index (χ4n) is 1.82. The first-order valence-corrected chi connectivity index (χ1v) is 6.31. The molecular formula is C13H11ClN4O3. The van der Waals surface area contributed by atoms with Crippen molar-refractivity contribution < 1.29 is 9.72 Å². The number of amides is 1. The molecule has 2 aromatic rings. The quantitative estimate of drug-likeness (QED) is 0.491. The van der Waals surface area contributed by atoms with Gasteiger partial charge in [-0.05, 0) is 17.7 Å². The highest BCUT2D eigenvalue weighted by atomic mass is 35.5. The summed E-state index contributed by atoms with van der Waals surface area (Å²) in [4.78, 5) is 31.6. The van der Waals surface area contributed by atoms with Gasteiger partial charge in [-0.2, -0.15) is 0 Å². The van der Waals surface area contributed by atoms with Gasteiger partial charge < -0.3 is 4.90 Å². The van der Waals surface area contributed by atoms with Crippen LogP contribution in [-0.4, -0.2) is 32.7 Å². The minimum atomic E-state index is -0.708. The summed E-state index contributed by atoms with van der Waals surface area (Å²) in [6.07, 6.45) is 4.51. The number of halogens is 1. The number of aromatic nitrogens is 2. The maximum Gasteiger partial charge on any atom is 0.319 e. The van der Waals surface area contributed by atoms with Crippen LogP contribution in [0.5, 0.6) is 0 Å². The fourth-order valence-corrected chi connectivity index (χ4v) is 2.04. The molecule has 0 spiro atoms. The molecule has 0 bridgehead atoms. The summed E-state index contributed by atoms with van der Waals surface area (Å²) in [7, 11) is 1.55. The number of nitrogens with zero attached hydrogens (tertiary/aromatic N) is 4. The highest BCUT2D eigenvalue weighted by molar-refractivity contribution is 6.32. The topological polar surface area (TPSA) is 89.2 Å². The van der Waals surface area contributed by atoms with Crippen LogP contribution in [0.4, 0.5) is 5.69 Å². The zero-order valence-electron chi connectivity index (χ0n) is 11.1. The Bertz CT molecular complexity index is 678. The molecule has 0 fully saturated rings. The van der Waals surface area contributed by atoms with Crippen molar-refractivity contribution in [1.29, 1.82) is 0 Å². The Morgan fingerprint density at radius 3 is 2.81 bits per heavy atom. The van der Waals surface area contributed by atoms with Crippen LogP contribution < -0.4 is 0 Å². The van der Waals surface area contributed by atoms with E-state index in [1.807, 2.05) is 6.07 Å². The fraction of sp³-hybridized carbons (Fsp3) is 0.154. The van der Waals surface area contributed by atoms with Gasteiger partial charge in [0.15, 0.2) is 0 Å². The highest BCUT2D eigenvalue weighted by Gasteiger charge is 2.26. The van der Waals surface area contributed by atoms with Crippen molar-refractivity contribution in [1.82, 2.24) is 14.9 Å². The third-order valence-corrected chi connectivity index (χ3v) is 3.06. The van der Waals surface area contributed by atoms with Gasteiger partial charge in [-0.1, -0.05) is 17.7 Å². The molecule has 2 heterocycles. The van der Waals surface area contributed by atoms with Gasteiger partial charge in [-0.25, -0.2) is 4.98 Å². The lowest BCUT2D eigenvalue weighted by Crippen LogP contribution is -2.27. The summed E-state index contributed by atoms with van der Waals surface area (Å²) in [5, 5.41) is 10.7. The van der Waals surface area contributed by atoms with Crippen molar-refractivity contribution in [3.05, 3.63) is 63.2 Å². The summed E-state index contributed by atoms with van der Waals surface area (Å²) in [5.74, 6) is -0.505. The van der Waals surface area contributed by atoms with Crippen LogP contribution in [0.25, 0.3) is 0 Å². The molecule has 0 radical (unpaired) electrons. The van der Waals surface area contributed by atoms with Crippen LogP contribution in [-0.2, 0) is 6.54 Å². The smallest absolute Gasteiger partial charge is 0.319 e. The third kappa shape index (κ3) is 3.32. The summed E-state index contributed by atoms with van der Waals surface area (Å²) in [5.41, 5.74) is 0.241. The summed E-state index contributed by atoms with van der Waals surface area (Å²) < 4.78 is 0. The SMILES string of the molecule is CN(Cc1cccnc1)C(=O)c1ccnc(Cl)c1[N+](=O)[O-]. The molecule has 0 atom stereocenters. The molecule has 0 aliphatic heterocycles. The normalized spacial score (nSPS) is 10.2. The average molecular weight is 307 g/mol. The Labute approximate surface area is 125 Å². The van der Waals surface area contributed by atoms with Crippen LogP contribution in [0.1, 0.15) is 15.9 Å². The lowest BCUT2D eigenvalue weighted by atomic mass is 10.2. The van der Waals surface area contributed by atoms with Gasteiger partial charge in [-0.15, -0.1) is 0 Å². The van der Waals surface area contributed by atoms with Crippen molar-refractivity contribution in [2.75, 3.05) is 7.05 Å². The first-order chi connectivity index (χ1) is 10.0. The number of hydrogen-bond donors (Lipinski definition) is 0. The van der Waals surface area contributed by atoms with E-state index in [9.17, 15) is 14.9 Å². The molecule has 8 heteroatoms. The Morgan fingerprint density at radius 1 is 1.43 bits per heavy atom. The molecule has 0 saturated carbocycles. The zero-order chi connectivity index (χ0) is 15.4. The van der Waals surface area contributed by atoms with E-state index >= 15 is 0 Å². The Morgan fingerprint density at radius 2 is 2.19 bits per heavy atom. The molecule has 108 valence electrons. The Hall–Kier alpha value is -2.54. The van der Waals surface area contributed by atoms with Gasteiger partial charge in [-0.3, -0.25) is 19.9 Å². The average Bonchev–Trinajstić information content (AvgIpc) is 2.46. The molecule has 0 aliphatic rings. The lowest BCUT2D eigenvalue weighted by molar-refractivity contribution is -0.385. The van der Waals surface area contributed by atoms with Gasteiger partial charge in [0.2, 0.25) is 5.15 Å². The number of carbonyl (C=O) groups excluding carboxylic acids is 1. The van der Waals surface area contributed by atoms with Gasteiger partial charge >= 0.3 is 5.69 Å². The Kier molecular flexibility index (Phi) is 4.44. The number of nitro groups is 1. The number of rotatable bonds is 4. The minimum absolute atomic E-state index is 0.0913. The van der Waals surface area contributed by atoms with Crippen LogP contribution >= 0.6 is 11.6 Å². The second-order valence-electron chi connectivity index (χ2n) is 4.28. The zero-order valence-corrected chi connectivity index (χ0v) is 11.8. The van der Waals surface area contributed by atoms with E-state index in [4.69, 9.17) is 11.6 Å². The molecular weight excluding hydrogens is 296 g/mol. The van der Waals surface area contributed by atoms with E-state index in [0.29, 0.717) is 0 Å². The van der Waals surface area contributed by atoms with Gasteiger partial charge in [0.05, 0.1) is 4.92 Å². The van der Waals surface area contributed by atoms with E-state index in [1.54, 1.807) is 25.5 Å². The summed E-state index contributed by atoms with van der Waals surface area (Å²) in [6, 6.07) is 4.84. The van der Waals surface area contributed by atoms with E-state index in [2.05, 4.69) is 9.97 Å². The minimum Gasteiger partial charge on any atom is -0.337 e. The van der Waals surface area contributed by atoms with Crippen LogP contribution in [0.2, 0.25) is 5.15 Å². The Balaban J connectivity index is 2.28. The molecule has 1 amide bonds. The van der Waals surface area contributed by atoms with E-state index < -0.39 is 16.5 Å². The number of pyridine rings is 2. The predicted molar refractivity (Wildman–Crippen MR) is 75.9 cm³/mol. The van der Waals surface area contributed by atoms with Gasteiger partial charge in [0.25, 0.3) is 5.91 Å². The van der Waals surface area contributed by atoms with Crippen molar-refractivity contribution in [3.63, 3.8) is 0 Å². The highest BCUT2D eigenvalue weighted by Crippen LogP contribution is 2.27. The molecule has 0 N–H and O–H groups in total. The van der Waals surface area contributed by atoms with Crippen LogP contribution in [0.15, 0.2) is 36.8 Å². The predicted octanol–water partition coefficient (Wildman–Crippen LogP) is 2.31. The van der Waals surface area contributed by atoms with Crippen molar-refractivity contribution >= 4 is 23.2 Å². The van der Waals surface area contributed by atoms with Crippen molar-refractivity contribution in [2.45, 2.75) is 6.54 Å². The first-order valence-electron chi connectivity index (χ1n) is 5.94. The molecule has 7 nitrogen and oxygen atoms in total. The number of carbonyl (C=O) groups is 1.